The Hall–Kier alpha value is -5.39. The molecule has 2 amide bonds. The van der Waals surface area contributed by atoms with Crippen LogP contribution in [0.5, 0.6) is 0 Å². The molecule has 49 heavy (non-hydrogen) atoms. The Kier molecular flexibility index (Phi) is 16.9. The Morgan fingerprint density at radius 3 is 1.08 bits per heavy atom. The summed E-state index contributed by atoms with van der Waals surface area (Å²) in [5, 5.41) is 62.0. The van der Waals surface area contributed by atoms with E-state index < -0.39 is 86.5 Å². The summed E-state index contributed by atoms with van der Waals surface area (Å²) in [7, 11) is 0. The maximum atomic E-state index is 12.7. The summed E-state index contributed by atoms with van der Waals surface area (Å²) < 4.78 is 0. The van der Waals surface area contributed by atoms with Crippen molar-refractivity contribution in [2.24, 2.45) is 0 Å². The molecular formula is C32H36N5O12-5. The second-order valence-corrected chi connectivity index (χ2v) is 11.1. The molecule has 0 aliphatic carbocycles. The SMILES string of the molecule is O=C([O-])CN(CCN(CC(=O)[O-])CC(=O)NC(Cc1ccccc1)C(=O)[O-])CCN(CC(=O)[O-])CC(=O)NC(Cc1ccccc1)C(=O)[O-]. The van der Waals surface area contributed by atoms with Crippen LogP contribution in [0, 0.1) is 0 Å². The standard InChI is InChI=1S/C32H41N5O12/c38-26(33-24(31(46)47)15-22-7-3-1-4-8-22)17-36(20-29(42)43)13-11-35(19-28(40)41)12-14-37(21-30(44)45)18-27(39)34-25(32(48)49)16-23-9-5-2-6-10-23/h1-10,24-25H,11-21H2,(H,33,38)(H,34,39)(H,40,41)(H,42,43)(H,44,45)(H,46,47)(H,48,49)/p-5. The summed E-state index contributed by atoms with van der Waals surface area (Å²) in [5.41, 5.74) is 1.19. The minimum absolute atomic E-state index is 0.101. The number of aliphatic carboxylic acids is 5. The van der Waals surface area contributed by atoms with Gasteiger partial charge in [-0.1, -0.05) is 60.7 Å². The number of carboxylic acid groups (broad SMARTS) is 5. The van der Waals surface area contributed by atoms with Crippen molar-refractivity contribution in [1.29, 1.82) is 0 Å². The zero-order valence-electron chi connectivity index (χ0n) is 26.4. The molecule has 0 bridgehead atoms. The predicted molar refractivity (Wildman–Crippen MR) is 159 cm³/mol. The number of benzene rings is 2. The number of carbonyl (C=O) groups excluding carboxylic acids is 7. The van der Waals surface area contributed by atoms with E-state index in [1.54, 1.807) is 60.7 Å². The van der Waals surface area contributed by atoms with Crippen LogP contribution in [-0.4, -0.2) is 127 Å². The van der Waals surface area contributed by atoms with E-state index in [2.05, 4.69) is 10.6 Å². The number of rotatable bonds is 24. The van der Waals surface area contributed by atoms with Gasteiger partial charge in [0.25, 0.3) is 0 Å². The molecule has 0 saturated carbocycles. The summed E-state index contributed by atoms with van der Waals surface area (Å²) >= 11 is 0. The fourth-order valence-corrected chi connectivity index (χ4v) is 4.78. The number of carboxylic acids is 5. The topological polar surface area (TPSA) is 269 Å². The lowest BCUT2D eigenvalue weighted by Gasteiger charge is -2.31. The second-order valence-electron chi connectivity index (χ2n) is 11.1. The minimum Gasteiger partial charge on any atom is -0.549 e. The number of hydrogen-bond acceptors (Lipinski definition) is 15. The number of carbonyl (C=O) groups is 7. The molecular weight excluding hydrogens is 646 g/mol. The monoisotopic (exact) mass is 682 g/mol. The van der Waals surface area contributed by atoms with E-state index in [9.17, 15) is 59.1 Å². The number of nitrogens with zero attached hydrogens (tertiary/aromatic N) is 3. The van der Waals surface area contributed by atoms with Gasteiger partial charge in [0.15, 0.2) is 0 Å². The average Bonchev–Trinajstić information content (AvgIpc) is 3.01. The van der Waals surface area contributed by atoms with Gasteiger partial charge in [-0.3, -0.25) is 24.3 Å². The van der Waals surface area contributed by atoms with Crippen molar-refractivity contribution in [3.63, 3.8) is 0 Å². The van der Waals surface area contributed by atoms with Gasteiger partial charge >= 0.3 is 0 Å². The molecule has 0 fully saturated rings. The van der Waals surface area contributed by atoms with Crippen molar-refractivity contribution >= 4 is 41.7 Å². The largest absolute Gasteiger partial charge is 0.549 e. The van der Waals surface area contributed by atoms with Crippen molar-refractivity contribution in [3.05, 3.63) is 71.8 Å². The van der Waals surface area contributed by atoms with E-state index in [4.69, 9.17) is 0 Å². The highest BCUT2D eigenvalue weighted by Crippen LogP contribution is 2.05. The number of nitrogens with one attached hydrogen (secondary N) is 2. The Labute approximate surface area is 281 Å². The van der Waals surface area contributed by atoms with Gasteiger partial charge in [0.2, 0.25) is 11.8 Å². The third-order valence-corrected chi connectivity index (χ3v) is 7.06. The number of amides is 2. The average molecular weight is 683 g/mol. The highest BCUT2D eigenvalue weighted by Gasteiger charge is 2.20. The van der Waals surface area contributed by atoms with Crippen LogP contribution in [0.2, 0.25) is 0 Å². The van der Waals surface area contributed by atoms with E-state index >= 15 is 0 Å². The molecule has 0 heterocycles. The molecule has 0 saturated heterocycles. The van der Waals surface area contributed by atoms with Crippen LogP contribution < -0.4 is 36.2 Å². The van der Waals surface area contributed by atoms with Crippen LogP contribution in [0.1, 0.15) is 11.1 Å². The minimum atomic E-state index is -1.58. The number of hydrogen-bond donors (Lipinski definition) is 2. The van der Waals surface area contributed by atoms with Gasteiger partial charge in [-0.25, -0.2) is 0 Å². The zero-order chi connectivity index (χ0) is 36.3. The summed E-state index contributed by atoms with van der Waals surface area (Å²) in [5.74, 6) is -9.53. The lowest BCUT2D eigenvalue weighted by atomic mass is 10.1. The van der Waals surface area contributed by atoms with Crippen LogP contribution in [0.15, 0.2) is 60.7 Å². The molecule has 2 atom stereocenters. The van der Waals surface area contributed by atoms with Crippen molar-refractivity contribution in [2.45, 2.75) is 24.9 Å². The fourth-order valence-electron chi connectivity index (χ4n) is 4.78. The molecule has 0 aliphatic rings. The molecule has 0 spiro atoms. The van der Waals surface area contributed by atoms with Crippen molar-refractivity contribution < 1.29 is 59.1 Å². The van der Waals surface area contributed by atoms with Crippen molar-refractivity contribution in [3.8, 4) is 0 Å². The van der Waals surface area contributed by atoms with Crippen molar-refractivity contribution in [1.82, 2.24) is 25.3 Å². The smallest absolute Gasteiger partial charge is 0.234 e. The van der Waals surface area contributed by atoms with Gasteiger partial charge in [0.05, 0.1) is 55.0 Å². The highest BCUT2D eigenvalue weighted by molar-refractivity contribution is 5.85. The van der Waals surface area contributed by atoms with Gasteiger partial charge in [-0.15, -0.1) is 0 Å². The zero-order valence-corrected chi connectivity index (χ0v) is 26.4. The lowest BCUT2D eigenvalue weighted by molar-refractivity contribution is -0.309. The maximum Gasteiger partial charge on any atom is 0.234 e. The van der Waals surface area contributed by atoms with Crippen LogP contribution >= 0.6 is 0 Å². The fraction of sp³-hybridized carbons (Fsp3) is 0.406. The van der Waals surface area contributed by atoms with E-state index in [1.165, 1.54) is 4.90 Å². The molecule has 17 nitrogen and oxygen atoms in total. The third-order valence-electron chi connectivity index (χ3n) is 7.06. The molecule has 2 unspecified atom stereocenters. The Morgan fingerprint density at radius 1 is 0.469 bits per heavy atom. The molecule has 266 valence electrons. The third kappa shape index (κ3) is 16.8. The first-order chi connectivity index (χ1) is 23.2. The Bertz CT molecular complexity index is 1330. The maximum absolute atomic E-state index is 12.7. The first-order valence-corrected chi connectivity index (χ1v) is 15.1. The predicted octanol–water partition coefficient (Wildman–Crippen LogP) is -7.90. The summed E-state index contributed by atoms with van der Waals surface area (Å²) in [6.07, 6.45) is -0.202. The van der Waals surface area contributed by atoms with E-state index in [0.29, 0.717) is 11.1 Å². The Balaban J connectivity index is 2.03. The molecule has 2 N–H and O–H groups in total. The molecule has 17 heteroatoms. The summed E-state index contributed by atoms with van der Waals surface area (Å²) in [6.45, 7) is -4.34. The van der Waals surface area contributed by atoms with Gasteiger partial charge < -0.3 is 60.1 Å². The van der Waals surface area contributed by atoms with Crippen molar-refractivity contribution in [2.75, 3.05) is 58.9 Å². The first kappa shape index (κ1) is 39.8. The van der Waals surface area contributed by atoms with Crippen LogP contribution in [0.4, 0.5) is 0 Å². The molecule has 0 radical (unpaired) electrons. The Morgan fingerprint density at radius 2 is 0.776 bits per heavy atom. The van der Waals surface area contributed by atoms with Gasteiger partial charge in [-0.2, -0.15) is 0 Å². The van der Waals surface area contributed by atoms with E-state index in [0.717, 1.165) is 9.80 Å². The molecule has 2 rings (SSSR count). The molecule has 0 aromatic heterocycles. The second kappa shape index (κ2) is 20.8. The first-order valence-electron chi connectivity index (χ1n) is 15.1. The molecule has 2 aromatic carbocycles. The highest BCUT2D eigenvalue weighted by atomic mass is 16.4. The van der Waals surface area contributed by atoms with Crippen LogP contribution in [0.3, 0.4) is 0 Å². The van der Waals surface area contributed by atoms with Crippen LogP contribution in [-0.2, 0) is 46.4 Å². The van der Waals surface area contributed by atoms with Gasteiger partial charge in [0.1, 0.15) is 0 Å². The van der Waals surface area contributed by atoms with E-state index in [-0.39, 0.29) is 39.0 Å². The summed E-state index contributed by atoms with van der Waals surface area (Å²) in [4.78, 5) is 86.2. The summed E-state index contributed by atoms with van der Waals surface area (Å²) in [6, 6.07) is 13.9. The molecule has 2 aromatic rings. The van der Waals surface area contributed by atoms with Gasteiger partial charge in [0, 0.05) is 45.8 Å². The molecule has 0 aliphatic heterocycles. The lowest BCUT2D eigenvalue weighted by Crippen LogP contribution is -2.54. The normalized spacial score (nSPS) is 12.3. The van der Waals surface area contributed by atoms with E-state index in [1.807, 2.05) is 0 Å². The van der Waals surface area contributed by atoms with Gasteiger partial charge in [-0.05, 0) is 24.0 Å². The van der Waals surface area contributed by atoms with Crippen LogP contribution in [0.25, 0.3) is 0 Å². The quantitative estimate of drug-likeness (QED) is 0.104.